The van der Waals surface area contributed by atoms with Crippen LogP contribution in [0.25, 0.3) is 10.8 Å². The van der Waals surface area contributed by atoms with Gasteiger partial charge >= 0.3 is 0 Å². The third-order valence-corrected chi connectivity index (χ3v) is 2.22. The van der Waals surface area contributed by atoms with E-state index in [9.17, 15) is 4.79 Å². The van der Waals surface area contributed by atoms with E-state index in [1.54, 1.807) is 6.07 Å². The van der Waals surface area contributed by atoms with E-state index in [-0.39, 0.29) is 0 Å². The third kappa shape index (κ3) is 2.00. The van der Waals surface area contributed by atoms with Crippen molar-refractivity contribution in [2.45, 2.75) is 0 Å². The van der Waals surface area contributed by atoms with E-state index in [0.29, 0.717) is 5.69 Å². The van der Waals surface area contributed by atoms with Crippen LogP contribution in [-0.2, 0) is 4.79 Å². The Morgan fingerprint density at radius 2 is 1.94 bits per heavy atom. The van der Waals surface area contributed by atoms with Gasteiger partial charge in [0.05, 0.1) is 0 Å². The van der Waals surface area contributed by atoms with Gasteiger partial charge < -0.3 is 10.5 Å². The van der Waals surface area contributed by atoms with Crippen molar-refractivity contribution < 1.29 is 10.0 Å². The van der Waals surface area contributed by atoms with Crippen molar-refractivity contribution in [2.24, 2.45) is 5.16 Å². The highest BCUT2D eigenvalue weighted by molar-refractivity contribution is 6.32. The Balaban J connectivity index is 2.41. The number of oxime groups is 1. The van der Waals surface area contributed by atoms with Gasteiger partial charge in [0, 0.05) is 11.1 Å². The molecule has 2 aromatic carbocycles. The molecule has 2 N–H and O–H groups in total. The number of nitrogens with one attached hydrogen (secondary N) is 1. The molecule has 1 amide bonds. The van der Waals surface area contributed by atoms with Crippen molar-refractivity contribution in [1.82, 2.24) is 0 Å². The van der Waals surface area contributed by atoms with Crippen molar-refractivity contribution in [2.75, 3.05) is 5.32 Å². The van der Waals surface area contributed by atoms with Gasteiger partial charge in [-0.3, -0.25) is 4.79 Å². The maximum Gasteiger partial charge on any atom is 0.270 e. The van der Waals surface area contributed by atoms with Gasteiger partial charge in [-0.1, -0.05) is 41.6 Å². The Hall–Kier alpha value is -2.36. The predicted molar refractivity (Wildman–Crippen MR) is 62.9 cm³/mol. The van der Waals surface area contributed by atoms with Gasteiger partial charge in [-0.15, -0.1) is 0 Å². The van der Waals surface area contributed by atoms with Crippen LogP contribution in [-0.4, -0.2) is 17.3 Å². The lowest BCUT2D eigenvalue weighted by atomic mass is 10.1. The van der Waals surface area contributed by atoms with Crippen LogP contribution in [0, 0.1) is 0 Å². The second kappa shape index (κ2) is 4.44. The largest absolute Gasteiger partial charge is 0.411 e. The highest BCUT2D eigenvalue weighted by Crippen LogP contribution is 2.22. The average molecular weight is 214 g/mol. The first-order chi connectivity index (χ1) is 7.81. The lowest BCUT2D eigenvalue weighted by Gasteiger charge is -2.05. The van der Waals surface area contributed by atoms with Crippen LogP contribution in [0.3, 0.4) is 0 Å². The molecule has 0 unspecified atom stereocenters. The Morgan fingerprint density at radius 3 is 2.75 bits per heavy atom. The molecular formula is C12H10N2O2. The fourth-order valence-corrected chi connectivity index (χ4v) is 1.55. The van der Waals surface area contributed by atoms with E-state index in [1.165, 1.54) is 0 Å². The molecule has 0 aliphatic heterocycles. The Morgan fingerprint density at radius 1 is 1.19 bits per heavy atom. The molecule has 0 saturated carbocycles. The van der Waals surface area contributed by atoms with E-state index >= 15 is 0 Å². The molecule has 0 radical (unpaired) electrons. The lowest BCUT2D eigenvalue weighted by Crippen LogP contribution is -2.12. The van der Waals surface area contributed by atoms with Gasteiger partial charge in [-0.25, -0.2) is 0 Å². The lowest BCUT2D eigenvalue weighted by molar-refractivity contribution is -0.110. The van der Waals surface area contributed by atoms with Crippen molar-refractivity contribution in [3.05, 3.63) is 42.5 Å². The predicted octanol–water partition coefficient (Wildman–Crippen LogP) is 2.24. The number of hydrogen-bond acceptors (Lipinski definition) is 3. The van der Waals surface area contributed by atoms with Gasteiger partial charge in [0.2, 0.25) is 0 Å². The second-order valence-electron chi connectivity index (χ2n) is 3.26. The van der Waals surface area contributed by atoms with Gasteiger partial charge in [-0.05, 0) is 11.5 Å². The van der Waals surface area contributed by atoms with Crippen LogP contribution < -0.4 is 5.32 Å². The molecule has 0 saturated heterocycles. The molecule has 0 atom stereocenters. The zero-order valence-electron chi connectivity index (χ0n) is 8.42. The average Bonchev–Trinajstić information content (AvgIpc) is 2.30. The molecule has 0 aromatic heterocycles. The molecule has 16 heavy (non-hydrogen) atoms. The van der Waals surface area contributed by atoms with E-state index in [2.05, 4.69) is 10.5 Å². The zero-order valence-corrected chi connectivity index (χ0v) is 8.42. The summed E-state index contributed by atoms with van der Waals surface area (Å²) in [5.74, 6) is -0.459. The van der Waals surface area contributed by atoms with Crippen molar-refractivity contribution >= 4 is 28.6 Å². The van der Waals surface area contributed by atoms with Crippen LogP contribution in [0.1, 0.15) is 0 Å². The summed E-state index contributed by atoms with van der Waals surface area (Å²) in [5.41, 5.74) is 0.697. The topological polar surface area (TPSA) is 61.7 Å². The molecule has 0 aliphatic carbocycles. The highest BCUT2D eigenvalue weighted by Gasteiger charge is 2.02. The number of carbonyl (C=O) groups excluding carboxylic acids is 1. The van der Waals surface area contributed by atoms with Crippen LogP contribution >= 0.6 is 0 Å². The molecule has 0 aliphatic rings. The molecule has 80 valence electrons. The van der Waals surface area contributed by atoms with E-state index in [0.717, 1.165) is 17.0 Å². The molecule has 0 heterocycles. The number of amides is 1. The summed E-state index contributed by atoms with van der Waals surface area (Å²) < 4.78 is 0. The smallest absolute Gasteiger partial charge is 0.270 e. The molecule has 4 nitrogen and oxygen atoms in total. The number of carbonyl (C=O) groups is 1. The number of benzene rings is 2. The first kappa shape index (κ1) is 10.2. The van der Waals surface area contributed by atoms with E-state index in [1.807, 2.05) is 36.4 Å². The molecule has 2 rings (SSSR count). The van der Waals surface area contributed by atoms with Gasteiger partial charge in [0.15, 0.2) is 0 Å². The zero-order chi connectivity index (χ0) is 11.4. The summed E-state index contributed by atoms with van der Waals surface area (Å²) in [6.07, 6.45) is 0.821. The summed E-state index contributed by atoms with van der Waals surface area (Å²) in [4.78, 5) is 11.2. The van der Waals surface area contributed by atoms with Crippen LogP contribution in [0.4, 0.5) is 5.69 Å². The minimum absolute atomic E-state index is 0.459. The van der Waals surface area contributed by atoms with Crippen molar-refractivity contribution in [1.29, 1.82) is 0 Å². The molecule has 2 aromatic rings. The van der Waals surface area contributed by atoms with E-state index < -0.39 is 5.91 Å². The SMILES string of the molecule is O=C(/C=N/O)Nc1cccc2ccccc12. The minimum atomic E-state index is -0.459. The standard InChI is InChI=1S/C12H10N2O2/c15-12(8-13-16)14-11-7-3-5-9-4-1-2-6-10(9)11/h1-8,16H,(H,14,15)/b13-8+. The molecule has 4 heteroatoms. The van der Waals surface area contributed by atoms with E-state index in [4.69, 9.17) is 5.21 Å². The number of rotatable bonds is 2. The summed E-state index contributed by atoms with van der Waals surface area (Å²) in [7, 11) is 0. The number of nitrogens with zero attached hydrogens (tertiary/aromatic N) is 1. The third-order valence-electron chi connectivity index (χ3n) is 2.22. The minimum Gasteiger partial charge on any atom is -0.411 e. The van der Waals surface area contributed by atoms with Crippen molar-refractivity contribution in [3.8, 4) is 0 Å². The second-order valence-corrected chi connectivity index (χ2v) is 3.26. The molecule has 0 bridgehead atoms. The summed E-state index contributed by atoms with van der Waals surface area (Å²) >= 11 is 0. The van der Waals surface area contributed by atoms with Crippen molar-refractivity contribution in [3.63, 3.8) is 0 Å². The molecule has 0 spiro atoms. The fourth-order valence-electron chi connectivity index (χ4n) is 1.55. The summed E-state index contributed by atoms with van der Waals surface area (Å²) in [5, 5.41) is 15.5. The Kier molecular flexibility index (Phi) is 2.82. The van der Waals surface area contributed by atoms with Crippen LogP contribution in [0.5, 0.6) is 0 Å². The normalized spacial score (nSPS) is 10.8. The Bertz CT molecular complexity index is 544. The van der Waals surface area contributed by atoms with Crippen LogP contribution in [0.15, 0.2) is 47.6 Å². The maximum absolute atomic E-state index is 11.2. The maximum atomic E-state index is 11.2. The summed E-state index contributed by atoms with van der Waals surface area (Å²) in [6, 6.07) is 13.3. The quantitative estimate of drug-likeness (QED) is 0.457. The van der Waals surface area contributed by atoms with Gasteiger partial charge in [0.1, 0.15) is 6.21 Å². The number of anilines is 1. The first-order valence-corrected chi connectivity index (χ1v) is 4.77. The fraction of sp³-hybridized carbons (Fsp3) is 0. The Labute approximate surface area is 92.2 Å². The molecular weight excluding hydrogens is 204 g/mol. The van der Waals surface area contributed by atoms with Gasteiger partial charge in [-0.2, -0.15) is 0 Å². The van der Waals surface area contributed by atoms with Crippen LogP contribution in [0.2, 0.25) is 0 Å². The first-order valence-electron chi connectivity index (χ1n) is 4.77. The van der Waals surface area contributed by atoms with Gasteiger partial charge in [0.25, 0.3) is 5.91 Å². The summed E-state index contributed by atoms with van der Waals surface area (Å²) in [6.45, 7) is 0. The number of hydrogen-bond donors (Lipinski definition) is 2. The highest BCUT2D eigenvalue weighted by atomic mass is 16.4. The molecule has 0 fully saturated rings. The number of fused-ring (bicyclic) bond motifs is 1. The monoisotopic (exact) mass is 214 g/mol.